The molecule has 6 heteroatoms. The van der Waals surface area contributed by atoms with Gasteiger partial charge < -0.3 is 14.8 Å². The highest BCUT2D eigenvalue weighted by Gasteiger charge is 2.31. The van der Waals surface area contributed by atoms with Gasteiger partial charge in [0.1, 0.15) is 5.75 Å². The lowest BCUT2D eigenvalue weighted by molar-refractivity contribution is -0.274. The molecule has 1 N–H and O–H groups in total. The molecular formula is C13H16F3NO2. The van der Waals surface area contributed by atoms with E-state index in [1.807, 2.05) is 0 Å². The first-order chi connectivity index (χ1) is 9.03. The molecule has 0 aromatic heterocycles. The Labute approximate surface area is 109 Å². The first-order valence-electron chi connectivity index (χ1n) is 6.24. The summed E-state index contributed by atoms with van der Waals surface area (Å²) in [5.41, 5.74) is 0.593. The normalized spacial score (nSPS) is 20.1. The van der Waals surface area contributed by atoms with Crippen LogP contribution in [-0.2, 0) is 4.74 Å². The van der Waals surface area contributed by atoms with Gasteiger partial charge in [-0.1, -0.05) is 6.07 Å². The summed E-state index contributed by atoms with van der Waals surface area (Å²) in [6, 6.07) is 5.82. The number of nitrogens with one attached hydrogen (secondary N) is 1. The zero-order valence-electron chi connectivity index (χ0n) is 10.4. The molecule has 1 saturated heterocycles. The third-order valence-corrected chi connectivity index (χ3v) is 2.88. The van der Waals surface area contributed by atoms with Crippen molar-refractivity contribution in [3.63, 3.8) is 0 Å². The summed E-state index contributed by atoms with van der Waals surface area (Å²) < 4.78 is 45.7. The molecule has 3 nitrogen and oxygen atoms in total. The Bertz CT molecular complexity index is 403. The fraction of sp³-hybridized carbons (Fsp3) is 0.538. The number of alkyl halides is 3. The molecule has 0 amide bonds. The number of ether oxygens (including phenoxy) is 2. The number of hydrogen-bond acceptors (Lipinski definition) is 3. The van der Waals surface area contributed by atoms with Crippen LogP contribution in [0.3, 0.4) is 0 Å². The molecule has 1 aliphatic rings. The van der Waals surface area contributed by atoms with Crippen molar-refractivity contribution in [3.05, 3.63) is 24.3 Å². The van der Waals surface area contributed by atoms with Gasteiger partial charge in [0.2, 0.25) is 0 Å². The lowest BCUT2D eigenvalue weighted by atomic mass is 10.1. The SMILES string of the molecule is FC(F)(F)Oc1cccc(NCC2CCCCO2)c1. The molecule has 1 fully saturated rings. The number of halogens is 3. The molecule has 1 aromatic rings. The molecule has 0 bridgehead atoms. The molecule has 1 aliphatic heterocycles. The Balaban J connectivity index is 1.87. The van der Waals surface area contributed by atoms with Gasteiger partial charge in [0.25, 0.3) is 0 Å². The Morgan fingerprint density at radius 1 is 1.32 bits per heavy atom. The van der Waals surface area contributed by atoms with Crippen LogP contribution < -0.4 is 10.1 Å². The Hall–Kier alpha value is -1.43. The van der Waals surface area contributed by atoms with Gasteiger partial charge in [0.15, 0.2) is 0 Å². The topological polar surface area (TPSA) is 30.5 Å². The summed E-state index contributed by atoms with van der Waals surface area (Å²) in [5.74, 6) is -0.220. The molecule has 1 heterocycles. The van der Waals surface area contributed by atoms with E-state index >= 15 is 0 Å². The second kappa shape index (κ2) is 6.14. The van der Waals surface area contributed by atoms with Gasteiger partial charge >= 0.3 is 6.36 Å². The Morgan fingerprint density at radius 2 is 2.16 bits per heavy atom. The minimum Gasteiger partial charge on any atom is -0.406 e. The average Bonchev–Trinajstić information content (AvgIpc) is 2.36. The van der Waals surface area contributed by atoms with Crippen LogP contribution in [0, 0.1) is 0 Å². The molecule has 0 radical (unpaired) electrons. The maximum Gasteiger partial charge on any atom is 0.573 e. The average molecular weight is 275 g/mol. The van der Waals surface area contributed by atoms with Gasteiger partial charge in [-0.2, -0.15) is 0 Å². The van der Waals surface area contributed by atoms with E-state index < -0.39 is 6.36 Å². The van der Waals surface area contributed by atoms with Gasteiger partial charge in [-0.15, -0.1) is 13.2 Å². The van der Waals surface area contributed by atoms with Gasteiger partial charge in [0, 0.05) is 24.9 Å². The molecule has 1 atom stereocenters. The Morgan fingerprint density at radius 3 is 2.84 bits per heavy atom. The molecular weight excluding hydrogens is 259 g/mol. The van der Waals surface area contributed by atoms with Crippen molar-refractivity contribution < 1.29 is 22.6 Å². The first kappa shape index (κ1) is 14.0. The predicted molar refractivity (Wildman–Crippen MR) is 65.2 cm³/mol. The summed E-state index contributed by atoms with van der Waals surface area (Å²) >= 11 is 0. The van der Waals surface area contributed by atoms with E-state index in [4.69, 9.17) is 4.74 Å². The highest BCUT2D eigenvalue weighted by Crippen LogP contribution is 2.25. The quantitative estimate of drug-likeness (QED) is 0.911. The fourth-order valence-corrected chi connectivity index (χ4v) is 2.00. The molecule has 2 rings (SSSR count). The molecule has 0 spiro atoms. The molecule has 1 aromatic carbocycles. The fourth-order valence-electron chi connectivity index (χ4n) is 2.00. The molecule has 0 saturated carbocycles. The molecule has 0 aliphatic carbocycles. The largest absolute Gasteiger partial charge is 0.573 e. The highest BCUT2D eigenvalue weighted by molar-refractivity contribution is 5.48. The third kappa shape index (κ3) is 4.98. The van der Waals surface area contributed by atoms with Gasteiger partial charge in [0.05, 0.1) is 6.10 Å². The standard InChI is InChI=1S/C13H16F3NO2/c14-13(15,16)19-11-6-3-4-10(8-11)17-9-12-5-1-2-7-18-12/h3-4,6,8,12,17H,1-2,5,7,9H2. The lowest BCUT2D eigenvalue weighted by Crippen LogP contribution is -2.27. The van der Waals surface area contributed by atoms with E-state index in [-0.39, 0.29) is 11.9 Å². The monoisotopic (exact) mass is 275 g/mol. The second-order valence-corrected chi connectivity index (χ2v) is 4.45. The zero-order valence-corrected chi connectivity index (χ0v) is 10.4. The minimum absolute atomic E-state index is 0.126. The summed E-state index contributed by atoms with van der Waals surface area (Å²) in [6.45, 7) is 1.35. The van der Waals surface area contributed by atoms with E-state index in [2.05, 4.69) is 10.1 Å². The van der Waals surface area contributed by atoms with Crippen LogP contribution in [0.5, 0.6) is 5.75 Å². The summed E-state index contributed by atoms with van der Waals surface area (Å²) in [4.78, 5) is 0. The smallest absolute Gasteiger partial charge is 0.406 e. The first-order valence-corrected chi connectivity index (χ1v) is 6.24. The number of hydrogen-bond donors (Lipinski definition) is 1. The van der Waals surface area contributed by atoms with Crippen LogP contribution in [0.2, 0.25) is 0 Å². The maximum atomic E-state index is 12.1. The van der Waals surface area contributed by atoms with E-state index in [1.54, 1.807) is 6.07 Å². The third-order valence-electron chi connectivity index (χ3n) is 2.88. The van der Waals surface area contributed by atoms with E-state index in [0.29, 0.717) is 12.2 Å². The van der Waals surface area contributed by atoms with Crippen molar-refractivity contribution in [3.8, 4) is 5.75 Å². The molecule has 106 valence electrons. The van der Waals surface area contributed by atoms with Crippen LogP contribution in [0.1, 0.15) is 19.3 Å². The number of benzene rings is 1. The minimum atomic E-state index is -4.66. The van der Waals surface area contributed by atoms with E-state index in [1.165, 1.54) is 18.2 Å². The number of anilines is 1. The summed E-state index contributed by atoms with van der Waals surface area (Å²) in [6.07, 6.45) is -1.35. The highest BCUT2D eigenvalue weighted by atomic mass is 19.4. The van der Waals surface area contributed by atoms with Crippen molar-refractivity contribution in [1.82, 2.24) is 0 Å². The van der Waals surface area contributed by atoms with Crippen molar-refractivity contribution in [2.45, 2.75) is 31.7 Å². The van der Waals surface area contributed by atoms with Gasteiger partial charge in [-0.25, -0.2) is 0 Å². The second-order valence-electron chi connectivity index (χ2n) is 4.45. The molecule has 1 unspecified atom stereocenters. The maximum absolute atomic E-state index is 12.1. The predicted octanol–water partition coefficient (Wildman–Crippen LogP) is 3.57. The van der Waals surface area contributed by atoms with E-state index in [0.717, 1.165) is 25.9 Å². The number of rotatable bonds is 4. The van der Waals surface area contributed by atoms with Crippen LogP contribution in [0.4, 0.5) is 18.9 Å². The van der Waals surface area contributed by atoms with Crippen molar-refractivity contribution >= 4 is 5.69 Å². The van der Waals surface area contributed by atoms with Crippen LogP contribution in [-0.4, -0.2) is 25.6 Å². The molecule has 19 heavy (non-hydrogen) atoms. The van der Waals surface area contributed by atoms with Gasteiger partial charge in [-0.05, 0) is 31.4 Å². The van der Waals surface area contributed by atoms with Crippen LogP contribution in [0.15, 0.2) is 24.3 Å². The van der Waals surface area contributed by atoms with Crippen LogP contribution in [0.25, 0.3) is 0 Å². The summed E-state index contributed by atoms with van der Waals surface area (Å²) in [7, 11) is 0. The summed E-state index contributed by atoms with van der Waals surface area (Å²) in [5, 5.41) is 3.07. The van der Waals surface area contributed by atoms with E-state index in [9.17, 15) is 13.2 Å². The van der Waals surface area contributed by atoms with Gasteiger partial charge in [-0.3, -0.25) is 0 Å². The zero-order chi connectivity index (χ0) is 13.7. The van der Waals surface area contributed by atoms with Crippen LogP contribution >= 0.6 is 0 Å². The lowest BCUT2D eigenvalue weighted by Gasteiger charge is -2.23. The van der Waals surface area contributed by atoms with Crippen molar-refractivity contribution in [2.75, 3.05) is 18.5 Å². The van der Waals surface area contributed by atoms with Crippen molar-refractivity contribution in [1.29, 1.82) is 0 Å². The van der Waals surface area contributed by atoms with Crippen molar-refractivity contribution in [2.24, 2.45) is 0 Å². The Kier molecular flexibility index (Phi) is 4.52.